The predicted octanol–water partition coefficient (Wildman–Crippen LogP) is 13.2. The maximum Gasteiger partial charge on any atom is 0.410 e. The van der Waals surface area contributed by atoms with E-state index in [9.17, 15) is 4.79 Å². The number of carbonyl (C=O) groups excluding carboxylic acids is 1. The lowest BCUT2D eigenvalue weighted by Crippen LogP contribution is -2.67. The molecule has 6 heterocycles. The van der Waals surface area contributed by atoms with Crippen molar-refractivity contribution in [2.45, 2.75) is 173 Å². The van der Waals surface area contributed by atoms with Gasteiger partial charge in [-0.05, 0) is 121 Å². The quantitative estimate of drug-likeness (QED) is 0.0525. The molecule has 4 aliphatic rings. The van der Waals surface area contributed by atoms with Gasteiger partial charge in [-0.3, -0.25) is 14.8 Å². The smallest absolute Gasteiger partial charge is 0.410 e. The van der Waals surface area contributed by atoms with Crippen LogP contribution in [0.3, 0.4) is 0 Å². The largest absolute Gasteiger partial charge is 0.468 e. The van der Waals surface area contributed by atoms with Gasteiger partial charge < -0.3 is 28.3 Å². The number of halogens is 2. The Morgan fingerprint density at radius 3 is 2.06 bits per heavy atom. The normalized spacial score (nSPS) is 20.5. The molecule has 2 bridgehead atoms. The van der Waals surface area contributed by atoms with Crippen molar-refractivity contribution < 1.29 is 36.9 Å². The average molecular weight is 1150 g/mol. The van der Waals surface area contributed by atoms with Gasteiger partial charge in [-0.15, -0.1) is 5.54 Å². The van der Waals surface area contributed by atoms with Crippen LogP contribution in [0.2, 0.25) is 21.7 Å². The van der Waals surface area contributed by atoms with Crippen molar-refractivity contribution in [3.05, 3.63) is 108 Å². The van der Waals surface area contributed by atoms with E-state index in [1.165, 1.54) is 23.5 Å². The standard InChI is InChI=1S/C66H84F2N6O6Si2/c1-43(2)81(44(3)4,45(5)6)34-30-53-56(67)28-25-46-35-50(78-42-76-13)36-54(57(46)53)59-58(68)60-55(37-69-59)61(72-38-47-26-27-48(39-72)74(47)63(75)80-64(7,8)9)71-62(70-60)77-41-66-31-20-33-73(66)49(29-32-66)40-79-82(65(10,11)12,51-21-16-14-17-22-51)52-23-18-15-19-24-52/h14-19,21-25,28,35-37,43-45,47-49H,20,26-27,29,31-33,38-42H2,1-13H3/t47?,48?,49-,66-/m0/s1. The molecule has 0 saturated carbocycles. The van der Waals surface area contributed by atoms with E-state index in [1.807, 2.05) is 25.7 Å². The zero-order valence-corrected chi connectivity index (χ0v) is 52.5. The minimum absolute atomic E-state index is 0.0157. The van der Waals surface area contributed by atoms with Gasteiger partial charge >= 0.3 is 12.1 Å². The summed E-state index contributed by atoms with van der Waals surface area (Å²) in [7, 11) is -3.63. The summed E-state index contributed by atoms with van der Waals surface area (Å²) < 4.78 is 66.8. The number of hydrogen-bond acceptors (Lipinski definition) is 11. The third-order valence-corrected chi connectivity index (χ3v) is 29.6. The molecule has 4 saturated heterocycles. The molecule has 0 aliphatic carbocycles. The molecule has 16 heteroatoms. The van der Waals surface area contributed by atoms with Crippen molar-refractivity contribution in [1.29, 1.82) is 0 Å². The third kappa shape index (κ3) is 10.9. The molecule has 0 radical (unpaired) electrons. The molecule has 10 rings (SSSR count). The van der Waals surface area contributed by atoms with Gasteiger partial charge in [0.1, 0.15) is 48.9 Å². The van der Waals surface area contributed by atoms with Crippen LogP contribution in [0.5, 0.6) is 11.8 Å². The van der Waals surface area contributed by atoms with Crippen LogP contribution in [-0.2, 0) is 13.9 Å². The summed E-state index contributed by atoms with van der Waals surface area (Å²) in [6.45, 7) is 28.5. The number of aromatic nitrogens is 3. The van der Waals surface area contributed by atoms with Crippen LogP contribution in [0.4, 0.5) is 19.4 Å². The number of ether oxygens (including phenoxy) is 4. The van der Waals surface area contributed by atoms with E-state index in [-0.39, 0.29) is 64.4 Å². The number of methoxy groups -OCH3 is 1. The lowest BCUT2D eigenvalue weighted by atomic mass is 9.95. The van der Waals surface area contributed by atoms with Crippen LogP contribution in [0.15, 0.2) is 91.1 Å². The summed E-state index contributed by atoms with van der Waals surface area (Å²) >= 11 is 0. The number of piperazine rings is 1. The number of anilines is 1. The molecule has 1 amide bonds. The summed E-state index contributed by atoms with van der Waals surface area (Å²) in [6.07, 6.45) is 6.61. The van der Waals surface area contributed by atoms with Gasteiger partial charge in [-0.25, -0.2) is 13.6 Å². The Balaban J connectivity index is 1.05. The molecular formula is C66H84F2N6O6Si2. The lowest BCUT2D eigenvalue weighted by Gasteiger charge is -2.44. The molecule has 4 atom stereocenters. The Morgan fingerprint density at radius 1 is 0.817 bits per heavy atom. The second-order valence-corrected chi connectivity index (χ2v) is 36.2. The molecular weight excluding hydrogens is 1070 g/mol. The van der Waals surface area contributed by atoms with Crippen molar-refractivity contribution in [1.82, 2.24) is 24.8 Å². The van der Waals surface area contributed by atoms with Gasteiger partial charge in [0, 0.05) is 43.4 Å². The highest BCUT2D eigenvalue weighted by Gasteiger charge is 2.54. The molecule has 4 aliphatic heterocycles. The topological polar surface area (TPSA) is 112 Å². The minimum atomic E-state index is -2.81. The Labute approximate surface area is 486 Å². The first-order valence-corrected chi connectivity index (χ1v) is 33.8. The number of carbonyl (C=O) groups is 1. The third-order valence-electron chi connectivity index (χ3n) is 18.4. The Morgan fingerprint density at radius 2 is 1.46 bits per heavy atom. The fourth-order valence-corrected chi connectivity index (χ4v) is 24.5. The zero-order chi connectivity index (χ0) is 58.5. The molecule has 2 unspecified atom stereocenters. The van der Waals surface area contributed by atoms with Crippen molar-refractivity contribution >= 4 is 60.4 Å². The van der Waals surface area contributed by atoms with Crippen LogP contribution in [0.25, 0.3) is 32.9 Å². The Hall–Kier alpha value is -5.97. The molecule has 4 fully saturated rings. The molecule has 0 N–H and O–H groups in total. The van der Waals surface area contributed by atoms with E-state index in [0.29, 0.717) is 76.2 Å². The molecule has 436 valence electrons. The SMILES string of the molecule is COCOc1cc(-c2ncc3c(N4CC5CCC(C4)N5C(=O)OC(C)(C)C)nc(OC[C@@]45CCCN4[C@H](CO[Si](c4ccccc4)(c4ccccc4)C(C)(C)C)CC5)nc3c2F)c2c(C#C[Si](C(C)C)(C(C)C)C(C)C)c(F)ccc2c1. The van der Waals surface area contributed by atoms with Crippen molar-refractivity contribution in [2.75, 3.05) is 51.7 Å². The van der Waals surface area contributed by atoms with Crippen LogP contribution in [0.1, 0.15) is 127 Å². The number of benzene rings is 4. The van der Waals surface area contributed by atoms with Crippen LogP contribution >= 0.6 is 0 Å². The molecule has 6 aromatic rings. The van der Waals surface area contributed by atoms with E-state index >= 15 is 8.78 Å². The van der Waals surface area contributed by atoms with E-state index in [4.69, 9.17) is 38.3 Å². The van der Waals surface area contributed by atoms with E-state index < -0.39 is 33.6 Å². The van der Waals surface area contributed by atoms with Gasteiger partial charge in [-0.2, -0.15) is 9.97 Å². The molecule has 4 aromatic carbocycles. The number of amides is 1. The predicted molar refractivity (Wildman–Crippen MR) is 328 cm³/mol. The van der Waals surface area contributed by atoms with Gasteiger partial charge in [0.2, 0.25) is 0 Å². The molecule has 82 heavy (non-hydrogen) atoms. The fourth-order valence-electron chi connectivity index (χ4n) is 14.7. The minimum Gasteiger partial charge on any atom is -0.468 e. The summed E-state index contributed by atoms with van der Waals surface area (Å²) in [5.41, 5.74) is 4.11. The van der Waals surface area contributed by atoms with Crippen LogP contribution in [-0.4, -0.2) is 123 Å². The van der Waals surface area contributed by atoms with Crippen LogP contribution < -0.4 is 24.7 Å². The van der Waals surface area contributed by atoms with Crippen molar-refractivity contribution in [3.8, 4) is 34.5 Å². The summed E-state index contributed by atoms with van der Waals surface area (Å²) in [4.78, 5) is 35.4. The van der Waals surface area contributed by atoms with Crippen molar-refractivity contribution in [2.24, 2.45) is 0 Å². The molecule has 12 nitrogen and oxygen atoms in total. The van der Waals surface area contributed by atoms with Crippen LogP contribution in [0, 0.1) is 23.1 Å². The second kappa shape index (κ2) is 23.2. The van der Waals surface area contributed by atoms with Crippen molar-refractivity contribution in [3.63, 3.8) is 0 Å². The Kier molecular flexibility index (Phi) is 16.8. The summed E-state index contributed by atoms with van der Waals surface area (Å²) in [5, 5.41) is 3.77. The number of hydrogen-bond donors (Lipinski definition) is 0. The van der Waals surface area contributed by atoms with Gasteiger partial charge in [0.15, 0.2) is 12.6 Å². The summed E-state index contributed by atoms with van der Waals surface area (Å²) in [5.74, 6) is 3.04. The average Bonchev–Trinajstić information content (AvgIpc) is 4.20. The first-order chi connectivity index (χ1) is 39.0. The van der Waals surface area contributed by atoms with Gasteiger partial charge in [-0.1, -0.05) is 135 Å². The highest BCUT2D eigenvalue weighted by Crippen LogP contribution is 2.47. The van der Waals surface area contributed by atoms with Gasteiger partial charge in [0.25, 0.3) is 8.32 Å². The zero-order valence-electron chi connectivity index (χ0n) is 50.5. The highest BCUT2D eigenvalue weighted by molar-refractivity contribution is 6.99. The first-order valence-electron chi connectivity index (χ1n) is 29.7. The highest BCUT2D eigenvalue weighted by atomic mass is 28.4. The Bertz CT molecular complexity index is 3290. The van der Waals surface area contributed by atoms with E-state index in [2.05, 4.69) is 144 Å². The van der Waals surface area contributed by atoms with E-state index in [1.54, 1.807) is 24.4 Å². The van der Waals surface area contributed by atoms with Gasteiger partial charge in [0.05, 0.1) is 35.2 Å². The first kappa shape index (κ1) is 59.2. The number of fused-ring (bicyclic) bond motifs is 5. The maximum absolute atomic E-state index is 18.4. The maximum atomic E-state index is 18.4. The second-order valence-electron chi connectivity index (χ2n) is 26.4. The molecule has 2 aromatic heterocycles. The summed E-state index contributed by atoms with van der Waals surface area (Å²) in [6, 6.07) is 28.0. The van der Waals surface area contributed by atoms with E-state index in [0.717, 1.165) is 45.1 Å². The lowest BCUT2D eigenvalue weighted by molar-refractivity contribution is 0.0122. The number of rotatable bonds is 16. The number of pyridine rings is 1. The molecule has 0 spiro atoms. The fraction of sp³-hybridized carbons (Fsp3) is 0.515. The monoisotopic (exact) mass is 1150 g/mol. The number of nitrogens with zero attached hydrogens (tertiary/aromatic N) is 6.